The molecule has 0 fully saturated rings. The Balaban J connectivity index is 2.45. The molecule has 0 aliphatic heterocycles. The fourth-order valence-corrected chi connectivity index (χ4v) is 1.80. The molecular formula is C14H9ClN4. The van der Waals surface area contributed by atoms with E-state index in [1.807, 2.05) is 0 Å². The lowest BCUT2D eigenvalue weighted by Crippen LogP contribution is -1.97. The fourth-order valence-electron chi connectivity index (χ4n) is 1.63. The Bertz CT molecular complexity index is 710. The molecule has 0 radical (unpaired) electrons. The molecule has 0 aliphatic rings. The molecule has 92 valence electrons. The highest BCUT2D eigenvalue weighted by Gasteiger charge is 2.07. The lowest BCUT2D eigenvalue weighted by Gasteiger charge is -2.10. The summed E-state index contributed by atoms with van der Waals surface area (Å²) in [6.45, 7) is 0. The Morgan fingerprint density at radius 1 is 0.947 bits per heavy atom. The number of hydrogen-bond acceptors (Lipinski definition) is 4. The van der Waals surface area contributed by atoms with E-state index in [-0.39, 0.29) is 0 Å². The van der Waals surface area contributed by atoms with E-state index in [1.165, 1.54) is 0 Å². The molecule has 4 nitrogen and oxygen atoms in total. The van der Waals surface area contributed by atoms with Crippen molar-refractivity contribution in [1.29, 1.82) is 10.5 Å². The molecule has 5 heteroatoms. The summed E-state index contributed by atoms with van der Waals surface area (Å²) in [5.41, 5.74) is 8.12. The first kappa shape index (κ1) is 12.8. The van der Waals surface area contributed by atoms with Crippen LogP contribution in [0.5, 0.6) is 0 Å². The van der Waals surface area contributed by atoms with Crippen molar-refractivity contribution in [2.24, 2.45) is 0 Å². The third kappa shape index (κ3) is 2.77. The number of rotatable bonds is 2. The van der Waals surface area contributed by atoms with Gasteiger partial charge in [-0.05, 0) is 36.4 Å². The molecule has 0 unspecified atom stereocenters. The number of nitrogens with zero attached hydrogens (tertiary/aromatic N) is 2. The van der Waals surface area contributed by atoms with E-state index in [0.29, 0.717) is 33.2 Å². The minimum atomic E-state index is 0.406. The number of halogens is 1. The summed E-state index contributed by atoms with van der Waals surface area (Å²) in [5, 5.41) is 21.6. The number of nitriles is 2. The Morgan fingerprint density at radius 3 is 2.37 bits per heavy atom. The number of hydrogen-bond donors (Lipinski definition) is 2. The first-order valence-corrected chi connectivity index (χ1v) is 5.78. The molecule has 0 saturated heterocycles. The third-order valence-corrected chi connectivity index (χ3v) is 2.77. The molecule has 2 aromatic rings. The van der Waals surface area contributed by atoms with Crippen molar-refractivity contribution < 1.29 is 0 Å². The van der Waals surface area contributed by atoms with Crippen LogP contribution < -0.4 is 11.1 Å². The van der Waals surface area contributed by atoms with Crippen LogP contribution in [0, 0.1) is 22.7 Å². The molecule has 0 spiro atoms. The molecule has 0 bridgehead atoms. The predicted octanol–water partition coefficient (Wildman–Crippen LogP) is 3.41. The lowest BCUT2D eigenvalue weighted by atomic mass is 10.1. The van der Waals surface area contributed by atoms with Crippen molar-refractivity contribution in [2.75, 3.05) is 11.1 Å². The van der Waals surface area contributed by atoms with Crippen LogP contribution in [0.4, 0.5) is 17.1 Å². The Morgan fingerprint density at radius 2 is 1.68 bits per heavy atom. The second kappa shape index (κ2) is 5.30. The van der Waals surface area contributed by atoms with Crippen molar-refractivity contribution in [3.05, 3.63) is 52.5 Å². The molecule has 0 aliphatic carbocycles. The van der Waals surface area contributed by atoms with Crippen LogP contribution in [0.25, 0.3) is 0 Å². The maximum atomic E-state index is 9.07. The lowest BCUT2D eigenvalue weighted by molar-refractivity contribution is 1.44. The molecule has 3 N–H and O–H groups in total. The maximum Gasteiger partial charge on any atom is 0.101 e. The molecule has 2 rings (SSSR count). The van der Waals surface area contributed by atoms with Crippen LogP contribution in [0.1, 0.15) is 11.1 Å². The van der Waals surface area contributed by atoms with Crippen LogP contribution in [-0.4, -0.2) is 0 Å². The van der Waals surface area contributed by atoms with Crippen LogP contribution >= 0.6 is 11.6 Å². The van der Waals surface area contributed by atoms with Gasteiger partial charge in [-0.2, -0.15) is 10.5 Å². The van der Waals surface area contributed by atoms with Crippen LogP contribution in [-0.2, 0) is 0 Å². The van der Waals surface area contributed by atoms with Crippen LogP contribution in [0.15, 0.2) is 36.4 Å². The number of nitrogen functional groups attached to an aromatic ring is 1. The van der Waals surface area contributed by atoms with Gasteiger partial charge in [-0.3, -0.25) is 0 Å². The van der Waals surface area contributed by atoms with Gasteiger partial charge in [0.15, 0.2) is 0 Å². The van der Waals surface area contributed by atoms with E-state index in [9.17, 15) is 0 Å². The standard InChI is InChI=1S/C14H9ClN4/c15-11-2-1-9(7-16)14(6-11)19-13-4-3-12(18)5-10(13)8-17/h1-6,19H,18H2. The van der Waals surface area contributed by atoms with Gasteiger partial charge >= 0.3 is 0 Å². The smallest absolute Gasteiger partial charge is 0.101 e. The summed E-state index contributed by atoms with van der Waals surface area (Å²) in [7, 11) is 0. The van der Waals surface area contributed by atoms with E-state index >= 15 is 0 Å². The normalized spacial score (nSPS) is 9.42. The number of nitrogens with one attached hydrogen (secondary N) is 1. The molecule has 0 aromatic heterocycles. The minimum Gasteiger partial charge on any atom is -0.399 e. The molecule has 0 amide bonds. The zero-order valence-corrected chi connectivity index (χ0v) is 10.6. The van der Waals surface area contributed by atoms with E-state index in [2.05, 4.69) is 17.5 Å². The second-order valence-corrected chi connectivity index (χ2v) is 4.28. The first-order valence-electron chi connectivity index (χ1n) is 5.40. The maximum absolute atomic E-state index is 9.07. The van der Waals surface area contributed by atoms with Gasteiger partial charge in [0.1, 0.15) is 12.1 Å². The van der Waals surface area contributed by atoms with Crippen molar-refractivity contribution in [3.8, 4) is 12.1 Å². The summed E-state index contributed by atoms with van der Waals surface area (Å²) >= 11 is 5.90. The third-order valence-electron chi connectivity index (χ3n) is 2.54. The minimum absolute atomic E-state index is 0.406. The van der Waals surface area contributed by atoms with E-state index < -0.39 is 0 Å². The zero-order valence-electron chi connectivity index (χ0n) is 9.81. The average molecular weight is 269 g/mol. The summed E-state index contributed by atoms with van der Waals surface area (Å²) in [5.74, 6) is 0. The predicted molar refractivity (Wildman–Crippen MR) is 75.0 cm³/mol. The summed E-state index contributed by atoms with van der Waals surface area (Å²) in [4.78, 5) is 0. The Hall–Kier alpha value is -2.69. The van der Waals surface area contributed by atoms with Gasteiger partial charge in [-0.1, -0.05) is 11.6 Å². The van der Waals surface area contributed by atoms with E-state index in [0.717, 1.165) is 0 Å². The summed E-state index contributed by atoms with van der Waals surface area (Å²) < 4.78 is 0. The van der Waals surface area contributed by atoms with Crippen molar-refractivity contribution in [2.45, 2.75) is 0 Å². The van der Waals surface area contributed by atoms with Crippen molar-refractivity contribution >= 4 is 28.7 Å². The molecule has 0 heterocycles. The summed E-state index contributed by atoms with van der Waals surface area (Å²) in [6.07, 6.45) is 0. The number of nitrogens with two attached hydrogens (primary N) is 1. The average Bonchev–Trinajstić information content (AvgIpc) is 2.41. The molecular weight excluding hydrogens is 260 g/mol. The van der Waals surface area contributed by atoms with Gasteiger partial charge in [0.05, 0.1) is 22.5 Å². The van der Waals surface area contributed by atoms with Gasteiger partial charge < -0.3 is 11.1 Å². The van der Waals surface area contributed by atoms with Crippen molar-refractivity contribution in [1.82, 2.24) is 0 Å². The second-order valence-electron chi connectivity index (χ2n) is 3.84. The van der Waals surface area contributed by atoms with E-state index in [4.69, 9.17) is 27.9 Å². The van der Waals surface area contributed by atoms with Gasteiger partial charge in [0.2, 0.25) is 0 Å². The van der Waals surface area contributed by atoms with Crippen LogP contribution in [0.2, 0.25) is 5.02 Å². The highest BCUT2D eigenvalue weighted by molar-refractivity contribution is 6.30. The fraction of sp³-hybridized carbons (Fsp3) is 0. The Labute approximate surface area is 115 Å². The molecule has 19 heavy (non-hydrogen) atoms. The van der Waals surface area contributed by atoms with Gasteiger partial charge in [0.25, 0.3) is 0 Å². The van der Waals surface area contributed by atoms with Gasteiger partial charge in [-0.25, -0.2) is 0 Å². The molecule has 2 aromatic carbocycles. The monoisotopic (exact) mass is 268 g/mol. The quantitative estimate of drug-likeness (QED) is 0.817. The van der Waals surface area contributed by atoms with Gasteiger partial charge in [-0.15, -0.1) is 0 Å². The zero-order chi connectivity index (χ0) is 13.8. The highest BCUT2D eigenvalue weighted by Crippen LogP contribution is 2.27. The summed E-state index contributed by atoms with van der Waals surface area (Å²) in [6, 6.07) is 13.9. The molecule has 0 atom stereocenters. The Kier molecular flexibility index (Phi) is 3.56. The highest BCUT2D eigenvalue weighted by atomic mass is 35.5. The van der Waals surface area contributed by atoms with Crippen LogP contribution in [0.3, 0.4) is 0 Å². The molecule has 0 saturated carbocycles. The van der Waals surface area contributed by atoms with Gasteiger partial charge in [0, 0.05) is 10.7 Å². The van der Waals surface area contributed by atoms with Crippen molar-refractivity contribution in [3.63, 3.8) is 0 Å². The topological polar surface area (TPSA) is 85.6 Å². The SMILES string of the molecule is N#Cc1cc(N)ccc1Nc1cc(Cl)ccc1C#N. The number of benzene rings is 2. The first-order chi connectivity index (χ1) is 9.13. The number of anilines is 3. The van der Waals surface area contributed by atoms with E-state index in [1.54, 1.807) is 36.4 Å². The largest absolute Gasteiger partial charge is 0.399 e.